The van der Waals surface area contributed by atoms with E-state index in [1.807, 2.05) is 25.3 Å². The summed E-state index contributed by atoms with van der Waals surface area (Å²) in [6, 6.07) is 7.03. The zero-order valence-corrected chi connectivity index (χ0v) is 14.2. The lowest BCUT2D eigenvalue weighted by Crippen LogP contribution is -2.52. The molecule has 1 aromatic carbocycles. The Hall–Kier alpha value is -1.28. The average molecular weight is 337 g/mol. The van der Waals surface area contributed by atoms with Crippen molar-refractivity contribution in [1.82, 2.24) is 14.6 Å². The summed E-state index contributed by atoms with van der Waals surface area (Å²) >= 11 is 1.53. The number of hydrogen-bond acceptors (Lipinski definition) is 5. The number of sulfonamides is 1. The fraction of sp³-hybridized carbons (Fsp3) is 0.400. The van der Waals surface area contributed by atoms with E-state index in [0.29, 0.717) is 24.5 Å². The van der Waals surface area contributed by atoms with E-state index in [1.165, 1.54) is 11.3 Å². The molecule has 7 heteroatoms. The highest BCUT2D eigenvalue weighted by Crippen LogP contribution is 2.27. The van der Waals surface area contributed by atoms with Crippen molar-refractivity contribution in [2.24, 2.45) is 0 Å². The van der Waals surface area contributed by atoms with E-state index in [0.717, 1.165) is 16.3 Å². The molecule has 1 fully saturated rings. The van der Waals surface area contributed by atoms with Crippen LogP contribution in [0.15, 0.2) is 34.5 Å². The molecule has 1 aliphatic rings. The van der Waals surface area contributed by atoms with Crippen molar-refractivity contribution >= 4 is 21.4 Å². The van der Waals surface area contributed by atoms with Crippen LogP contribution in [0, 0.1) is 6.92 Å². The Kier molecular flexibility index (Phi) is 4.31. The number of nitrogens with one attached hydrogen (secondary N) is 1. The van der Waals surface area contributed by atoms with Crippen LogP contribution in [0.25, 0.3) is 10.6 Å². The third-order valence-corrected chi connectivity index (χ3v) is 6.77. The lowest BCUT2D eigenvalue weighted by molar-refractivity contribution is 0.284. The lowest BCUT2D eigenvalue weighted by Gasteiger charge is -2.32. The summed E-state index contributed by atoms with van der Waals surface area (Å²) in [5, 5.41) is 6.03. The molecule has 0 saturated carbocycles. The summed E-state index contributed by atoms with van der Waals surface area (Å²) in [7, 11) is -3.46. The summed E-state index contributed by atoms with van der Waals surface area (Å²) in [5.74, 6) is 0. The molecule has 0 unspecified atom stereocenters. The number of nitrogens with zero attached hydrogens (tertiary/aromatic N) is 2. The van der Waals surface area contributed by atoms with Gasteiger partial charge < -0.3 is 5.32 Å². The van der Waals surface area contributed by atoms with Crippen molar-refractivity contribution in [3.05, 3.63) is 35.3 Å². The quantitative estimate of drug-likeness (QED) is 0.932. The normalized spacial score (nSPS) is 20.2. The molecule has 0 amide bonds. The molecule has 1 N–H and O–H groups in total. The van der Waals surface area contributed by atoms with Gasteiger partial charge in [-0.2, -0.15) is 4.31 Å². The van der Waals surface area contributed by atoms with Gasteiger partial charge in [0.2, 0.25) is 10.0 Å². The van der Waals surface area contributed by atoms with Crippen molar-refractivity contribution in [3.63, 3.8) is 0 Å². The molecule has 5 nitrogen and oxygen atoms in total. The van der Waals surface area contributed by atoms with Gasteiger partial charge in [-0.3, -0.25) is 0 Å². The molecule has 22 heavy (non-hydrogen) atoms. The number of piperazine rings is 1. The van der Waals surface area contributed by atoms with E-state index in [9.17, 15) is 8.42 Å². The van der Waals surface area contributed by atoms with Gasteiger partial charge >= 0.3 is 0 Å². The van der Waals surface area contributed by atoms with Crippen molar-refractivity contribution in [2.75, 3.05) is 19.6 Å². The molecule has 0 aliphatic carbocycles. The second-order valence-electron chi connectivity index (χ2n) is 5.49. The van der Waals surface area contributed by atoms with Crippen molar-refractivity contribution < 1.29 is 8.42 Å². The van der Waals surface area contributed by atoms with Crippen LogP contribution < -0.4 is 5.32 Å². The minimum absolute atomic E-state index is 0.0375. The molecule has 0 spiro atoms. The largest absolute Gasteiger partial charge is 0.314 e. The first kappa shape index (κ1) is 15.6. The van der Waals surface area contributed by atoms with Gasteiger partial charge in [-0.15, -0.1) is 11.3 Å². The fourth-order valence-electron chi connectivity index (χ4n) is 2.59. The molecule has 1 atom stereocenters. The molecule has 1 saturated heterocycles. The number of thiazole rings is 1. The monoisotopic (exact) mass is 337 g/mol. The number of benzene rings is 1. The predicted octanol–water partition coefficient (Wildman–Crippen LogP) is 2.10. The van der Waals surface area contributed by atoms with Crippen LogP contribution in [0.1, 0.15) is 12.6 Å². The minimum atomic E-state index is -3.46. The number of aromatic nitrogens is 1. The van der Waals surface area contributed by atoms with Gasteiger partial charge in [0.05, 0.1) is 4.90 Å². The first-order valence-electron chi connectivity index (χ1n) is 7.23. The number of rotatable bonds is 3. The second-order valence-corrected chi connectivity index (χ2v) is 8.24. The molecule has 2 heterocycles. The number of aryl methyl sites for hydroxylation is 1. The highest BCUT2D eigenvalue weighted by atomic mass is 32.2. The minimum Gasteiger partial charge on any atom is -0.314 e. The average Bonchev–Trinajstić information content (AvgIpc) is 2.94. The zero-order valence-electron chi connectivity index (χ0n) is 12.6. The van der Waals surface area contributed by atoms with Crippen LogP contribution in [-0.4, -0.2) is 43.4 Å². The van der Waals surface area contributed by atoms with Gasteiger partial charge in [-0.1, -0.05) is 12.1 Å². The van der Waals surface area contributed by atoms with Crippen LogP contribution in [0.5, 0.6) is 0 Å². The van der Waals surface area contributed by atoms with E-state index in [2.05, 4.69) is 10.3 Å². The number of hydrogen-bond donors (Lipinski definition) is 1. The molecule has 0 bridgehead atoms. The van der Waals surface area contributed by atoms with Crippen LogP contribution in [0.2, 0.25) is 0 Å². The maximum Gasteiger partial charge on any atom is 0.243 e. The Balaban J connectivity index is 1.97. The summed E-state index contributed by atoms with van der Waals surface area (Å²) in [4.78, 5) is 4.77. The third kappa shape index (κ3) is 2.94. The van der Waals surface area contributed by atoms with Gasteiger partial charge in [-0.25, -0.2) is 13.4 Å². The smallest absolute Gasteiger partial charge is 0.243 e. The predicted molar refractivity (Wildman–Crippen MR) is 88.5 cm³/mol. The van der Waals surface area contributed by atoms with Gasteiger partial charge in [0.1, 0.15) is 5.01 Å². The molecule has 118 valence electrons. The summed E-state index contributed by atoms with van der Waals surface area (Å²) in [6.45, 7) is 5.74. The van der Waals surface area contributed by atoms with Crippen LogP contribution in [0.3, 0.4) is 0 Å². The van der Waals surface area contributed by atoms with E-state index < -0.39 is 10.0 Å². The summed E-state index contributed by atoms with van der Waals surface area (Å²) < 4.78 is 27.3. The molecule has 1 aliphatic heterocycles. The zero-order chi connectivity index (χ0) is 15.7. The van der Waals surface area contributed by atoms with Crippen LogP contribution in [-0.2, 0) is 10.0 Å². The molecule has 2 aromatic rings. The first-order chi connectivity index (χ1) is 10.5. The molecule has 1 aromatic heterocycles. The maximum atomic E-state index is 12.9. The van der Waals surface area contributed by atoms with Crippen LogP contribution in [0.4, 0.5) is 0 Å². The lowest BCUT2D eigenvalue weighted by atomic mass is 10.2. The highest BCUT2D eigenvalue weighted by molar-refractivity contribution is 7.89. The standard InChI is InChI=1S/C15H19N3O2S2/c1-11-10-21-15(17-11)13-4-3-5-14(8-13)22(19,20)18-7-6-16-9-12(18)2/h3-5,8,10,12,16H,6-7,9H2,1-2H3/t12-/m1/s1. The molecular formula is C15H19N3O2S2. The van der Waals surface area contributed by atoms with E-state index >= 15 is 0 Å². The Labute approximate surface area is 135 Å². The highest BCUT2D eigenvalue weighted by Gasteiger charge is 2.31. The van der Waals surface area contributed by atoms with Crippen molar-refractivity contribution in [1.29, 1.82) is 0 Å². The Morgan fingerprint density at radius 1 is 1.41 bits per heavy atom. The Morgan fingerprint density at radius 2 is 2.23 bits per heavy atom. The topological polar surface area (TPSA) is 62.3 Å². The van der Waals surface area contributed by atoms with E-state index in [1.54, 1.807) is 22.5 Å². The summed E-state index contributed by atoms with van der Waals surface area (Å²) in [6.07, 6.45) is 0. The third-order valence-electron chi connectivity index (χ3n) is 3.75. The van der Waals surface area contributed by atoms with Crippen molar-refractivity contribution in [3.8, 4) is 10.6 Å². The van der Waals surface area contributed by atoms with Crippen LogP contribution >= 0.6 is 11.3 Å². The Morgan fingerprint density at radius 3 is 2.91 bits per heavy atom. The SMILES string of the molecule is Cc1csc(-c2cccc(S(=O)(=O)N3CCNC[C@H]3C)c2)n1. The summed E-state index contributed by atoms with van der Waals surface area (Å²) in [5.41, 5.74) is 1.80. The van der Waals surface area contributed by atoms with Gasteiger partial charge in [0.15, 0.2) is 0 Å². The van der Waals surface area contributed by atoms with E-state index in [4.69, 9.17) is 0 Å². The molecule has 0 radical (unpaired) electrons. The molecular weight excluding hydrogens is 318 g/mol. The van der Waals surface area contributed by atoms with Gasteiger partial charge in [0.25, 0.3) is 0 Å². The van der Waals surface area contributed by atoms with Gasteiger partial charge in [0, 0.05) is 42.3 Å². The van der Waals surface area contributed by atoms with Crippen molar-refractivity contribution in [2.45, 2.75) is 24.8 Å². The fourth-order valence-corrected chi connectivity index (χ4v) is 5.06. The van der Waals surface area contributed by atoms with E-state index in [-0.39, 0.29) is 6.04 Å². The Bertz CT molecular complexity index is 771. The first-order valence-corrected chi connectivity index (χ1v) is 9.55. The van der Waals surface area contributed by atoms with Gasteiger partial charge in [-0.05, 0) is 26.0 Å². The second kappa shape index (κ2) is 6.08. The maximum absolute atomic E-state index is 12.9. The molecule has 3 rings (SSSR count).